The fourth-order valence-corrected chi connectivity index (χ4v) is 4.74. The number of ether oxygens (including phenoxy) is 1. The van der Waals surface area contributed by atoms with Gasteiger partial charge in [0.1, 0.15) is 10.6 Å². The zero-order valence-corrected chi connectivity index (χ0v) is 13.8. The zero-order chi connectivity index (χ0) is 15.6. The Kier molecular flexibility index (Phi) is 4.55. The van der Waals surface area contributed by atoms with Crippen LogP contribution in [-0.2, 0) is 16.6 Å². The summed E-state index contributed by atoms with van der Waals surface area (Å²) in [6.07, 6.45) is 0. The molecule has 1 aromatic heterocycles. The predicted molar refractivity (Wildman–Crippen MR) is 85.5 cm³/mol. The molecule has 0 bridgehead atoms. The number of methoxy groups -OCH3 is 1. The number of nitrogens with zero attached hydrogens (tertiary/aromatic N) is 1. The van der Waals surface area contributed by atoms with Crippen molar-refractivity contribution < 1.29 is 13.2 Å². The van der Waals surface area contributed by atoms with E-state index in [1.54, 1.807) is 37.3 Å². The molecule has 114 valence electrons. The first kappa shape index (κ1) is 15.8. The van der Waals surface area contributed by atoms with Gasteiger partial charge in [-0.3, -0.25) is 4.31 Å². The number of benzene rings is 1. The second-order valence-corrected chi connectivity index (χ2v) is 7.76. The van der Waals surface area contributed by atoms with Crippen molar-refractivity contribution in [1.82, 2.24) is 0 Å². The van der Waals surface area contributed by atoms with E-state index in [0.717, 1.165) is 9.75 Å². The number of para-hydroxylation sites is 2. The maximum absolute atomic E-state index is 12.8. The summed E-state index contributed by atoms with van der Waals surface area (Å²) in [7, 11) is -0.601. The smallest absolute Gasteiger partial charge is 0.265 e. The number of thiophene rings is 1. The van der Waals surface area contributed by atoms with Gasteiger partial charge < -0.3 is 10.5 Å². The van der Waals surface area contributed by atoms with E-state index in [-0.39, 0.29) is 0 Å². The van der Waals surface area contributed by atoms with E-state index in [9.17, 15) is 8.42 Å². The molecular weight excluding hydrogens is 308 g/mol. The molecule has 5 nitrogen and oxygen atoms in total. The molecule has 0 aliphatic carbocycles. The Bertz CT molecular complexity index is 738. The van der Waals surface area contributed by atoms with Crippen LogP contribution in [0.1, 0.15) is 9.75 Å². The van der Waals surface area contributed by atoms with Gasteiger partial charge >= 0.3 is 0 Å². The van der Waals surface area contributed by atoms with Gasteiger partial charge in [0.15, 0.2) is 0 Å². The third-order valence-corrected chi connectivity index (χ3v) is 6.29. The molecule has 0 saturated heterocycles. The van der Waals surface area contributed by atoms with Crippen LogP contribution in [0.3, 0.4) is 0 Å². The lowest BCUT2D eigenvalue weighted by Gasteiger charge is -2.21. The second-order valence-electron chi connectivity index (χ2n) is 4.48. The summed E-state index contributed by atoms with van der Waals surface area (Å²) in [6.45, 7) is 2.12. The average Bonchev–Trinajstić information content (AvgIpc) is 2.88. The van der Waals surface area contributed by atoms with Gasteiger partial charge in [-0.2, -0.15) is 0 Å². The van der Waals surface area contributed by atoms with E-state index >= 15 is 0 Å². The molecule has 2 aromatic rings. The number of aryl methyl sites for hydroxylation is 1. The first-order valence-electron chi connectivity index (χ1n) is 6.33. The summed E-state index contributed by atoms with van der Waals surface area (Å²) in [5.41, 5.74) is 6.09. The van der Waals surface area contributed by atoms with E-state index < -0.39 is 10.0 Å². The molecule has 0 fully saturated rings. The lowest BCUT2D eigenvalue weighted by atomic mass is 10.3. The van der Waals surface area contributed by atoms with Gasteiger partial charge in [0.25, 0.3) is 10.0 Å². The van der Waals surface area contributed by atoms with E-state index in [4.69, 9.17) is 10.5 Å². The van der Waals surface area contributed by atoms with Crippen molar-refractivity contribution >= 4 is 27.0 Å². The van der Waals surface area contributed by atoms with Gasteiger partial charge in [-0.25, -0.2) is 8.42 Å². The van der Waals surface area contributed by atoms with Crippen molar-refractivity contribution in [1.29, 1.82) is 0 Å². The van der Waals surface area contributed by atoms with Crippen molar-refractivity contribution in [3.63, 3.8) is 0 Å². The molecule has 0 saturated carbocycles. The number of hydrogen-bond acceptors (Lipinski definition) is 5. The molecule has 0 unspecified atom stereocenters. The standard InChI is InChI=1S/C14H18N2O3S2/c1-10-14(8-11(9-15)20-10)21(17,18)16(2)12-6-4-5-7-13(12)19-3/h4-8H,9,15H2,1-3H3. The quantitative estimate of drug-likeness (QED) is 0.915. The Labute approximate surface area is 129 Å². The van der Waals surface area contributed by atoms with Crippen molar-refractivity contribution in [3.05, 3.63) is 40.1 Å². The van der Waals surface area contributed by atoms with E-state index in [2.05, 4.69) is 0 Å². The van der Waals surface area contributed by atoms with Gasteiger partial charge in [0.05, 0.1) is 12.8 Å². The fourth-order valence-electron chi connectivity index (χ4n) is 2.05. The van der Waals surface area contributed by atoms with E-state index in [0.29, 0.717) is 22.9 Å². The molecule has 1 aromatic carbocycles. The number of nitrogens with two attached hydrogens (primary N) is 1. The Morgan fingerprint density at radius 1 is 1.33 bits per heavy atom. The van der Waals surface area contributed by atoms with Crippen molar-refractivity contribution in [2.75, 3.05) is 18.5 Å². The number of anilines is 1. The first-order valence-corrected chi connectivity index (χ1v) is 8.58. The Balaban J connectivity index is 2.50. The van der Waals surface area contributed by atoms with Crippen LogP contribution in [0, 0.1) is 6.92 Å². The molecule has 0 amide bonds. The summed E-state index contributed by atoms with van der Waals surface area (Å²) in [4.78, 5) is 1.87. The largest absolute Gasteiger partial charge is 0.495 e. The highest BCUT2D eigenvalue weighted by Crippen LogP contribution is 2.34. The van der Waals surface area contributed by atoms with Gasteiger partial charge in [-0.15, -0.1) is 11.3 Å². The molecule has 2 rings (SSSR count). The van der Waals surface area contributed by atoms with Gasteiger partial charge in [0.2, 0.25) is 0 Å². The first-order chi connectivity index (χ1) is 9.91. The molecule has 1 heterocycles. The molecular formula is C14H18N2O3S2. The van der Waals surface area contributed by atoms with Crippen LogP contribution in [0.25, 0.3) is 0 Å². The Morgan fingerprint density at radius 3 is 2.57 bits per heavy atom. The molecule has 0 spiro atoms. The van der Waals surface area contributed by atoms with E-state index in [1.165, 1.54) is 29.8 Å². The molecule has 7 heteroatoms. The van der Waals surface area contributed by atoms with Crippen LogP contribution >= 0.6 is 11.3 Å². The maximum Gasteiger partial charge on any atom is 0.265 e. The summed E-state index contributed by atoms with van der Waals surface area (Å²) in [5.74, 6) is 0.510. The van der Waals surface area contributed by atoms with Crippen molar-refractivity contribution in [3.8, 4) is 5.75 Å². The minimum Gasteiger partial charge on any atom is -0.495 e. The van der Waals surface area contributed by atoms with Crippen molar-refractivity contribution in [2.45, 2.75) is 18.4 Å². The highest BCUT2D eigenvalue weighted by Gasteiger charge is 2.26. The summed E-state index contributed by atoms with van der Waals surface area (Å²) < 4.78 is 32.0. The van der Waals surface area contributed by atoms with Gasteiger partial charge in [0, 0.05) is 23.3 Å². The highest BCUT2D eigenvalue weighted by molar-refractivity contribution is 7.93. The minimum atomic E-state index is -3.64. The van der Waals surface area contributed by atoms with Crippen LogP contribution in [0.2, 0.25) is 0 Å². The lowest BCUT2D eigenvalue weighted by molar-refractivity contribution is 0.416. The highest BCUT2D eigenvalue weighted by atomic mass is 32.2. The van der Waals surface area contributed by atoms with Crippen molar-refractivity contribution in [2.24, 2.45) is 5.73 Å². The molecule has 21 heavy (non-hydrogen) atoms. The second kappa shape index (κ2) is 6.05. The van der Waals surface area contributed by atoms with Crippen LogP contribution in [-0.4, -0.2) is 22.6 Å². The number of hydrogen-bond donors (Lipinski definition) is 1. The zero-order valence-electron chi connectivity index (χ0n) is 12.2. The average molecular weight is 326 g/mol. The monoisotopic (exact) mass is 326 g/mol. The summed E-state index contributed by atoms with van der Waals surface area (Å²) in [5, 5.41) is 0. The van der Waals surface area contributed by atoms with E-state index in [1.807, 2.05) is 0 Å². The molecule has 0 radical (unpaired) electrons. The third kappa shape index (κ3) is 2.90. The van der Waals surface area contributed by atoms with Gasteiger partial charge in [-0.05, 0) is 25.1 Å². The Hall–Kier alpha value is -1.57. The van der Waals surface area contributed by atoms with Crippen LogP contribution in [0.15, 0.2) is 35.2 Å². The Morgan fingerprint density at radius 2 is 2.00 bits per heavy atom. The predicted octanol–water partition coefficient (Wildman–Crippen LogP) is 2.35. The number of rotatable bonds is 5. The topological polar surface area (TPSA) is 72.6 Å². The fraction of sp³-hybridized carbons (Fsp3) is 0.286. The third-order valence-electron chi connectivity index (χ3n) is 3.19. The minimum absolute atomic E-state index is 0.293. The van der Waals surface area contributed by atoms with Crippen LogP contribution in [0.4, 0.5) is 5.69 Å². The summed E-state index contributed by atoms with van der Waals surface area (Å²) in [6, 6.07) is 8.65. The molecule has 0 aliphatic heterocycles. The van der Waals surface area contributed by atoms with Crippen LogP contribution < -0.4 is 14.8 Å². The van der Waals surface area contributed by atoms with Crippen LogP contribution in [0.5, 0.6) is 5.75 Å². The summed E-state index contributed by atoms with van der Waals surface area (Å²) >= 11 is 1.40. The number of sulfonamides is 1. The lowest BCUT2D eigenvalue weighted by Crippen LogP contribution is -2.27. The molecule has 2 N–H and O–H groups in total. The molecule has 0 aliphatic rings. The maximum atomic E-state index is 12.8. The SMILES string of the molecule is COc1ccccc1N(C)S(=O)(=O)c1cc(CN)sc1C. The molecule has 0 atom stereocenters. The normalized spacial score (nSPS) is 11.4. The van der Waals surface area contributed by atoms with Gasteiger partial charge in [-0.1, -0.05) is 12.1 Å².